The van der Waals surface area contributed by atoms with E-state index in [1.165, 1.54) is 20.0 Å². The number of hydrogen-bond donors (Lipinski definition) is 2. The van der Waals surface area contributed by atoms with Crippen molar-refractivity contribution >= 4 is 11.9 Å². The van der Waals surface area contributed by atoms with Crippen molar-refractivity contribution in [2.24, 2.45) is 10.9 Å². The first-order valence-electron chi connectivity index (χ1n) is 8.10. The van der Waals surface area contributed by atoms with E-state index < -0.39 is 0 Å². The SMILES string of the molecule is CN=C(NCCCCC(C)C)NCc1cc(C(=O)OC)c(C)o1. The third-order valence-corrected chi connectivity index (χ3v) is 3.53. The molecule has 0 saturated carbocycles. The maximum absolute atomic E-state index is 11.6. The summed E-state index contributed by atoms with van der Waals surface area (Å²) in [7, 11) is 3.09. The van der Waals surface area contributed by atoms with Gasteiger partial charge in [0.25, 0.3) is 0 Å². The highest BCUT2D eigenvalue weighted by Crippen LogP contribution is 2.15. The summed E-state index contributed by atoms with van der Waals surface area (Å²) in [4.78, 5) is 15.7. The Morgan fingerprint density at radius 3 is 2.70 bits per heavy atom. The van der Waals surface area contributed by atoms with Crippen LogP contribution in [0.3, 0.4) is 0 Å². The monoisotopic (exact) mass is 323 g/mol. The molecule has 0 radical (unpaired) electrons. The molecule has 1 rings (SSSR count). The number of hydrogen-bond acceptors (Lipinski definition) is 4. The van der Waals surface area contributed by atoms with Gasteiger partial charge in [0.15, 0.2) is 5.96 Å². The highest BCUT2D eigenvalue weighted by atomic mass is 16.5. The molecule has 1 heterocycles. The number of furan rings is 1. The zero-order chi connectivity index (χ0) is 17.2. The Bertz CT molecular complexity index is 521. The van der Waals surface area contributed by atoms with Crippen molar-refractivity contribution < 1.29 is 13.9 Å². The molecule has 0 atom stereocenters. The topological polar surface area (TPSA) is 75.9 Å². The van der Waals surface area contributed by atoms with Crippen molar-refractivity contribution in [2.45, 2.75) is 46.6 Å². The van der Waals surface area contributed by atoms with Crippen molar-refractivity contribution in [1.29, 1.82) is 0 Å². The van der Waals surface area contributed by atoms with E-state index in [1.807, 2.05) is 0 Å². The van der Waals surface area contributed by atoms with Crippen LogP contribution in [0.2, 0.25) is 0 Å². The van der Waals surface area contributed by atoms with Crippen molar-refractivity contribution in [3.63, 3.8) is 0 Å². The lowest BCUT2D eigenvalue weighted by Crippen LogP contribution is -2.37. The normalized spacial score (nSPS) is 11.7. The van der Waals surface area contributed by atoms with Crippen LogP contribution < -0.4 is 10.6 Å². The van der Waals surface area contributed by atoms with Gasteiger partial charge in [0.2, 0.25) is 0 Å². The Morgan fingerprint density at radius 1 is 1.35 bits per heavy atom. The first-order valence-corrected chi connectivity index (χ1v) is 8.10. The molecule has 0 aliphatic rings. The number of nitrogens with one attached hydrogen (secondary N) is 2. The fourth-order valence-electron chi connectivity index (χ4n) is 2.22. The second-order valence-electron chi connectivity index (χ2n) is 5.92. The summed E-state index contributed by atoms with van der Waals surface area (Å²) in [6.45, 7) is 7.57. The summed E-state index contributed by atoms with van der Waals surface area (Å²) in [6.07, 6.45) is 3.57. The van der Waals surface area contributed by atoms with Crippen molar-refractivity contribution in [3.8, 4) is 0 Å². The number of carbonyl (C=O) groups excluding carboxylic acids is 1. The maximum atomic E-state index is 11.6. The van der Waals surface area contributed by atoms with Crippen LogP contribution >= 0.6 is 0 Å². The molecule has 0 amide bonds. The molecule has 0 spiro atoms. The van der Waals surface area contributed by atoms with Gasteiger partial charge in [0.05, 0.1) is 13.7 Å². The number of carbonyl (C=O) groups is 1. The van der Waals surface area contributed by atoms with Crippen LogP contribution in [0, 0.1) is 12.8 Å². The van der Waals surface area contributed by atoms with Crippen LogP contribution in [-0.4, -0.2) is 32.6 Å². The van der Waals surface area contributed by atoms with Gasteiger partial charge in [0, 0.05) is 13.6 Å². The molecule has 0 saturated heterocycles. The van der Waals surface area contributed by atoms with E-state index in [0.29, 0.717) is 23.6 Å². The fourth-order valence-corrected chi connectivity index (χ4v) is 2.22. The van der Waals surface area contributed by atoms with Crippen LogP contribution in [0.1, 0.15) is 55.0 Å². The van der Waals surface area contributed by atoms with Crippen molar-refractivity contribution in [2.75, 3.05) is 20.7 Å². The number of methoxy groups -OCH3 is 1. The van der Waals surface area contributed by atoms with Crippen LogP contribution in [0.15, 0.2) is 15.5 Å². The van der Waals surface area contributed by atoms with E-state index in [2.05, 4.69) is 29.5 Å². The molecule has 1 aromatic rings. The van der Waals surface area contributed by atoms with Crippen molar-refractivity contribution in [1.82, 2.24) is 10.6 Å². The van der Waals surface area contributed by atoms with Crippen LogP contribution in [-0.2, 0) is 11.3 Å². The Morgan fingerprint density at radius 2 is 2.09 bits per heavy atom. The van der Waals surface area contributed by atoms with Crippen LogP contribution in [0.5, 0.6) is 0 Å². The minimum Gasteiger partial charge on any atom is -0.465 e. The number of nitrogens with zero attached hydrogens (tertiary/aromatic N) is 1. The highest BCUT2D eigenvalue weighted by Gasteiger charge is 2.15. The number of esters is 1. The van der Waals surface area contributed by atoms with Gasteiger partial charge in [-0.2, -0.15) is 0 Å². The van der Waals surface area contributed by atoms with E-state index in [4.69, 9.17) is 9.15 Å². The largest absolute Gasteiger partial charge is 0.465 e. The second-order valence-corrected chi connectivity index (χ2v) is 5.92. The van der Waals surface area contributed by atoms with E-state index in [0.717, 1.165) is 24.8 Å². The van der Waals surface area contributed by atoms with Crippen LogP contribution in [0.4, 0.5) is 0 Å². The zero-order valence-corrected chi connectivity index (χ0v) is 14.9. The van der Waals surface area contributed by atoms with Gasteiger partial charge in [0.1, 0.15) is 17.1 Å². The summed E-state index contributed by atoms with van der Waals surface area (Å²) in [6, 6.07) is 1.70. The van der Waals surface area contributed by atoms with Gasteiger partial charge in [-0.15, -0.1) is 0 Å². The molecule has 0 bridgehead atoms. The van der Waals surface area contributed by atoms with E-state index in [9.17, 15) is 4.79 Å². The summed E-state index contributed by atoms with van der Waals surface area (Å²) >= 11 is 0. The minimum atomic E-state index is -0.384. The molecule has 23 heavy (non-hydrogen) atoms. The number of aryl methyl sites for hydroxylation is 1. The average molecular weight is 323 g/mol. The Hall–Kier alpha value is -1.98. The van der Waals surface area contributed by atoms with Gasteiger partial charge >= 0.3 is 5.97 Å². The molecular formula is C17H29N3O3. The summed E-state index contributed by atoms with van der Waals surface area (Å²) < 4.78 is 10.3. The summed E-state index contributed by atoms with van der Waals surface area (Å²) in [5.41, 5.74) is 0.459. The molecule has 0 aromatic carbocycles. The first-order chi connectivity index (χ1) is 11.0. The quantitative estimate of drug-likeness (QED) is 0.333. The Balaban J connectivity index is 2.39. The Kier molecular flexibility index (Phi) is 8.22. The van der Waals surface area contributed by atoms with Gasteiger partial charge < -0.3 is 19.8 Å². The fraction of sp³-hybridized carbons (Fsp3) is 0.647. The lowest BCUT2D eigenvalue weighted by atomic mass is 10.1. The van der Waals surface area contributed by atoms with Crippen molar-refractivity contribution in [3.05, 3.63) is 23.2 Å². The number of ether oxygens (including phenoxy) is 1. The number of aliphatic imine (C=N–C) groups is 1. The smallest absolute Gasteiger partial charge is 0.341 e. The molecule has 0 aliphatic carbocycles. The number of rotatable bonds is 8. The van der Waals surface area contributed by atoms with Gasteiger partial charge in [-0.05, 0) is 25.3 Å². The average Bonchev–Trinajstić information content (AvgIpc) is 2.89. The lowest BCUT2D eigenvalue weighted by Gasteiger charge is -2.11. The van der Waals surface area contributed by atoms with Crippen LogP contribution in [0.25, 0.3) is 0 Å². The molecule has 2 N–H and O–H groups in total. The molecule has 6 heteroatoms. The molecule has 130 valence electrons. The zero-order valence-electron chi connectivity index (χ0n) is 14.9. The minimum absolute atomic E-state index is 0.384. The lowest BCUT2D eigenvalue weighted by molar-refractivity contribution is 0.0599. The van der Waals surface area contributed by atoms with Gasteiger partial charge in [-0.25, -0.2) is 4.79 Å². The molecule has 0 fully saturated rings. The molecule has 0 unspecified atom stereocenters. The maximum Gasteiger partial charge on any atom is 0.341 e. The molecular weight excluding hydrogens is 294 g/mol. The van der Waals surface area contributed by atoms with E-state index >= 15 is 0 Å². The number of guanidine groups is 1. The molecule has 6 nitrogen and oxygen atoms in total. The highest BCUT2D eigenvalue weighted by molar-refractivity contribution is 5.90. The third kappa shape index (κ3) is 6.76. The Labute approximate surface area is 138 Å². The molecule has 0 aliphatic heterocycles. The molecule has 1 aromatic heterocycles. The van der Waals surface area contributed by atoms with E-state index in [-0.39, 0.29) is 5.97 Å². The summed E-state index contributed by atoms with van der Waals surface area (Å²) in [5, 5.41) is 6.45. The predicted molar refractivity (Wildman–Crippen MR) is 91.7 cm³/mol. The number of unbranched alkanes of at least 4 members (excludes halogenated alkanes) is 1. The predicted octanol–water partition coefficient (Wildman–Crippen LogP) is 2.87. The van der Waals surface area contributed by atoms with Gasteiger partial charge in [-0.1, -0.05) is 26.7 Å². The van der Waals surface area contributed by atoms with Gasteiger partial charge in [-0.3, -0.25) is 4.99 Å². The standard InChI is InChI=1S/C17H29N3O3/c1-12(2)8-6-7-9-19-17(18-4)20-11-14-10-15(13(3)23-14)16(21)22-5/h10,12H,6-9,11H2,1-5H3,(H2,18,19,20). The second kappa shape index (κ2) is 9.92. The third-order valence-electron chi connectivity index (χ3n) is 3.53. The van der Waals surface area contributed by atoms with E-state index in [1.54, 1.807) is 20.0 Å². The summed E-state index contributed by atoms with van der Waals surface area (Å²) in [5.74, 6) is 2.32. The first kappa shape index (κ1) is 19.1.